The van der Waals surface area contributed by atoms with Gasteiger partial charge in [0.2, 0.25) is 11.8 Å². The minimum atomic E-state index is -1.35. The van der Waals surface area contributed by atoms with Gasteiger partial charge in [-0.1, -0.05) is 6.07 Å². The van der Waals surface area contributed by atoms with Crippen LogP contribution < -0.4 is 31.6 Å². The Hall–Kier alpha value is -5.26. The number of likely N-dealkylation sites (tertiary alicyclic amines) is 1. The fourth-order valence-electron chi connectivity index (χ4n) is 8.87. The molecule has 3 heterocycles. The first-order valence-corrected chi connectivity index (χ1v) is 18.4. The number of methoxy groups -OCH3 is 1. The number of piperidine rings is 1. The molecule has 2 fully saturated rings. The van der Waals surface area contributed by atoms with E-state index in [2.05, 4.69) is 33.6 Å². The van der Waals surface area contributed by atoms with Gasteiger partial charge in [0, 0.05) is 49.7 Å². The SMILES string of the molecule is CCOC(=O)N1CCN(C(=O)OC2=CC[C@H]3[C@H]4Cc5ccc(OC)c6c5[C@@]3(CCN4C)[C@H]2O6)[C@@H](CNC(=O)[C@H](CCCN=C(N)N)NC(=O)CC(=O)O)C1. The summed E-state index contributed by atoms with van der Waals surface area (Å²) < 4.78 is 23.9. The lowest BCUT2D eigenvalue weighted by atomic mass is 9.53. The highest BCUT2D eigenvalue weighted by Crippen LogP contribution is 2.63. The summed E-state index contributed by atoms with van der Waals surface area (Å²) in [7, 11) is 3.77. The maximum atomic E-state index is 14.2. The first-order chi connectivity index (χ1) is 25.9. The molecule has 2 saturated heterocycles. The monoisotopic (exact) mass is 754 g/mol. The number of hydrogen-bond acceptors (Lipinski definition) is 11. The minimum Gasteiger partial charge on any atom is -0.493 e. The number of allylic oxidation sites excluding steroid dienone is 1. The molecule has 18 heteroatoms. The van der Waals surface area contributed by atoms with Crippen molar-refractivity contribution in [2.24, 2.45) is 22.4 Å². The van der Waals surface area contributed by atoms with E-state index < -0.39 is 60.0 Å². The third-order valence-corrected chi connectivity index (χ3v) is 11.3. The number of amides is 4. The second kappa shape index (κ2) is 16.0. The molecule has 0 radical (unpaired) electrons. The van der Waals surface area contributed by atoms with Gasteiger partial charge in [0.1, 0.15) is 18.2 Å². The van der Waals surface area contributed by atoms with Crippen LogP contribution in [0.25, 0.3) is 0 Å². The van der Waals surface area contributed by atoms with Crippen LogP contribution in [-0.2, 0) is 35.7 Å². The van der Waals surface area contributed by atoms with Crippen molar-refractivity contribution in [3.8, 4) is 11.5 Å². The molecule has 2 bridgehead atoms. The summed E-state index contributed by atoms with van der Waals surface area (Å²) in [4.78, 5) is 73.2. The van der Waals surface area contributed by atoms with Crippen LogP contribution in [0, 0.1) is 5.92 Å². The molecule has 6 rings (SSSR count). The number of likely N-dealkylation sites (N-methyl/N-ethyl adjacent to an activating group) is 1. The second-order valence-electron chi connectivity index (χ2n) is 14.4. The third-order valence-electron chi connectivity index (χ3n) is 11.3. The number of carbonyl (C=O) groups is 5. The summed E-state index contributed by atoms with van der Waals surface area (Å²) in [6.45, 7) is 3.06. The van der Waals surface area contributed by atoms with E-state index in [9.17, 15) is 24.0 Å². The van der Waals surface area contributed by atoms with Crippen LogP contribution >= 0.6 is 0 Å². The molecule has 4 amide bonds. The van der Waals surface area contributed by atoms with Gasteiger partial charge in [-0.3, -0.25) is 24.3 Å². The Morgan fingerprint density at radius 3 is 2.67 bits per heavy atom. The summed E-state index contributed by atoms with van der Waals surface area (Å²) in [5, 5.41) is 14.3. The predicted octanol–water partition coefficient (Wildman–Crippen LogP) is 0.267. The van der Waals surface area contributed by atoms with Crippen LogP contribution in [0.2, 0.25) is 0 Å². The molecule has 54 heavy (non-hydrogen) atoms. The topological polar surface area (TPSA) is 241 Å². The summed E-state index contributed by atoms with van der Waals surface area (Å²) in [6, 6.07) is 2.49. The Labute approximate surface area is 313 Å². The Balaban J connectivity index is 1.20. The molecular weight excluding hydrogens is 704 g/mol. The van der Waals surface area contributed by atoms with Gasteiger partial charge in [0.25, 0.3) is 0 Å². The lowest BCUT2D eigenvalue weighted by Gasteiger charge is -2.56. The van der Waals surface area contributed by atoms with Crippen molar-refractivity contribution in [2.45, 2.75) is 75.1 Å². The van der Waals surface area contributed by atoms with Gasteiger partial charge < -0.3 is 56.0 Å². The van der Waals surface area contributed by atoms with Crippen molar-refractivity contribution in [2.75, 3.05) is 60.0 Å². The average Bonchev–Trinajstić information content (AvgIpc) is 3.49. The Morgan fingerprint density at radius 1 is 1.15 bits per heavy atom. The number of piperazine rings is 1. The molecular formula is C36H50N8O10. The average molecular weight is 755 g/mol. The van der Waals surface area contributed by atoms with Gasteiger partial charge in [0.15, 0.2) is 23.6 Å². The summed E-state index contributed by atoms with van der Waals surface area (Å²) in [5.74, 6) is -0.937. The number of benzene rings is 1. The van der Waals surface area contributed by atoms with Crippen molar-refractivity contribution in [1.82, 2.24) is 25.3 Å². The van der Waals surface area contributed by atoms with Crippen LogP contribution in [0.5, 0.6) is 11.5 Å². The third kappa shape index (κ3) is 7.43. The van der Waals surface area contributed by atoms with E-state index in [1.807, 2.05) is 12.1 Å². The number of aliphatic carboxylic acids is 1. The number of ether oxygens (including phenoxy) is 4. The number of carbonyl (C=O) groups excluding carboxylic acids is 4. The van der Waals surface area contributed by atoms with E-state index in [0.29, 0.717) is 36.1 Å². The van der Waals surface area contributed by atoms with Crippen molar-refractivity contribution in [3.63, 3.8) is 0 Å². The number of aliphatic imine (C=N–C) groups is 1. The molecule has 1 aromatic carbocycles. The molecule has 7 N–H and O–H groups in total. The zero-order valence-electron chi connectivity index (χ0n) is 30.9. The molecule has 0 aromatic heterocycles. The zero-order chi connectivity index (χ0) is 38.7. The molecule has 5 aliphatic rings. The smallest absolute Gasteiger partial charge is 0.415 e. The molecule has 0 unspecified atom stereocenters. The fourth-order valence-corrected chi connectivity index (χ4v) is 8.87. The first kappa shape index (κ1) is 38.5. The zero-order valence-corrected chi connectivity index (χ0v) is 30.9. The van der Waals surface area contributed by atoms with Crippen LogP contribution in [0.15, 0.2) is 29.0 Å². The second-order valence-corrected chi connectivity index (χ2v) is 14.4. The maximum absolute atomic E-state index is 14.2. The first-order valence-electron chi connectivity index (χ1n) is 18.4. The Bertz CT molecular complexity index is 1720. The highest BCUT2D eigenvalue weighted by atomic mass is 16.6. The van der Waals surface area contributed by atoms with E-state index in [1.54, 1.807) is 14.0 Å². The lowest BCUT2D eigenvalue weighted by Crippen LogP contribution is -2.64. The Morgan fingerprint density at radius 2 is 1.94 bits per heavy atom. The fraction of sp³-hybridized carbons (Fsp3) is 0.611. The number of guanidine groups is 1. The highest BCUT2D eigenvalue weighted by molar-refractivity contribution is 5.96. The van der Waals surface area contributed by atoms with Gasteiger partial charge in [0.05, 0.1) is 19.8 Å². The van der Waals surface area contributed by atoms with E-state index >= 15 is 0 Å². The molecule has 2 aliphatic carbocycles. The lowest BCUT2D eigenvalue weighted by molar-refractivity contribution is -0.141. The van der Waals surface area contributed by atoms with E-state index in [1.165, 1.54) is 15.4 Å². The standard InChI is InChI=1S/C36H50N8O10/c1-4-52-34(49)43-14-15-44(21(19-43)18-40-32(48)23(6-5-12-39-33(37)38)41-27(45)17-28(46)47)35(50)53-26-10-8-22-24-16-20-7-9-25(51-3)30-29(20)36(22,31(26)54-30)11-13-42(24)2/h7,9-10,21-24,31H,4-6,8,11-19H2,1-3H3,(H,40,48)(H,41,45)(H,46,47)(H4,37,38,39)/t21-,22-,23-,24+,31-,36-/m0/s1. The van der Waals surface area contributed by atoms with Gasteiger partial charge in [-0.05, 0) is 76.2 Å². The summed E-state index contributed by atoms with van der Waals surface area (Å²) >= 11 is 0. The minimum absolute atomic E-state index is 0.0275. The number of hydrogen-bond donors (Lipinski definition) is 5. The maximum Gasteiger partial charge on any atom is 0.415 e. The van der Waals surface area contributed by atoms with Crippen LogP contribution in [0.3, 0.4) is 0 Å². The number of carboxylic acid groups (broad SMARTS) is 1. The van der Waals surface area contributed by atoms with Crippen molar-refractivity contribution in [1.29, 1.82) is 0 Å². The molecule has 294 valence electrons. The molecule has 1 aromatic rings. The number of nitrogens with one attached hydrogen (secondary N) is 2. The summed E-state index contributed by atoms with van der Waals surface area (Å²) in [5.41, 5.74) is 12.8. The highest BCUT2D eigenvalue weighted by Gasteiger charge is 2.65. The molecule has 18 nitrogen and oxygen atoms in total. The predicted molar refractivity (Wildman–Crippen MR) is 193 cm³/mol. The van der Waals surface area contributed by atoms with Gasteiger partial charge in [-0.15, -0.1) is 0 Å². The van der Waals surface area contributed by atoms with Crippen LogP contribution in [0.4, 0.5) is 9.59 Å². The number of rotatable bonds is 13. The van der Waals surface area contributed by atoms with Crippen molar-refractivity contribution in [3.05, 3.63) is 35.1 Å². The number of nitrogens with two attached hydrogens (primary N) is 2. The molecule has 6 atom stereocenters. The Kier molecular flexibility index (Phi) is 11.4. The normalized spacial score (nSPS) is 25.6. The van der Waals surface area contributed by atoms with E-state index in [0.717, 1.165) is 24.9 Å². The largest absolute Gasteiger partial charge is 0.493 e. The van der Waals surface area contributed by atoms with Crippen molar-refractivity contribution >= 4 is 35.9 Å². The number of nitrogens with zero attached hydrogens (tertiary/aromatic N) is 4. The van der Waals surface area contributed by atoms with Crippen LogP contribution in [-0.4, -0.2) is 140 Å². The van der Waals surface area contributed by atoms with Gasteiger partial charge in [-0.25, -0.2) is 9.59 Å². The molecule has 1 spiro atoms. The van der Waals surface area contributed by atoms with Gasteiger partial charge in [-0.2, -0.15) is 0 Å². The van der Waals surface area contributed by atoms with E-state index in [-0.39, 0.29) is 57.6 Å². The molecule has 3 aliphatic heterocycles. The summed E-state index contributed by atoms with van der Waals surface area (Å²) in [6.07, 6.45) is 2.18. The molecule has 0 saturated carbocycles. The van der Waals surface area contributed by atoms with E-state index in [4.69, 9.17) is 35.5 Å². The van der Waals surface area contributed by atoms with Crippen LogP contribution in [0.1, 0.15) is 50.2 Å². The van der Waals surface area contributed by atoms with Gasteiger partial charge >= 0.3 is 18.2 Å². The van der Waals surface area contributed by atoms with Crippen molar-refractivity contribution < 1.29 is 48.0 Å². The quantitative estimate of drug-likeness (QED) is 0.0787. The number of carboxylic acids is 1.